The molecule has 0 bridgehead atoms. The van der Waals surface area contributed by atoms with Gasteiger partial charge in [-0.3, -0.25) is 4.79 Å². The molecule has 0 aromatic heterocycles. The van der Waals surface area contributed by atoms with Crippen molar-refractivity contribution in [1.29, 1.82) is 0 Å². The van der Waals surface area contributed by atoms with Crippen molar-refractivity contribution in [3.63, 3.8) is 0 Å². The van der Waals surface area contributed by atoms with Crippen LogP contribution in [0.4, 0.5) is 0 Å². The third kappa shape index (κ3) is 2.75. The SMILES string of the molecule is COC1(CC(=O)Cc2ccccc2C)CCC1. The average molecular weight is 232 g/mol. The molecule has 0 atom stereocenters. The Kier molecular flexibility index (Phi) is 3.63. The van der Waals surface area contributed by atoms with Crippen LogP contribution in [0.25, 0.3) is 0 Å². The van der Waals surface area contributed by atoms with E-state index in [1.165, 1.54) is 12.0 Å². The average Bonchev–Trinajstić information content (AvgIpc) is 2.27. The molecule has 92 valence electrons. The molecular formula is C15H20O2. The molecule has 0 spiro atoms. The van der Waals surface area contributed by atoms with E-state index in [1.807, 2.05) is 18.2 Å². The zero-order valence-electron chi connectivity index (χ0n) is 10.7. The second-order valence-corrected chi connectivity index (χ2v) is 5.06. The molecule has 2 rings (SSSR count). The lowest BCUT2D eigenvalue weighted by atomic mass is 9.76. The van der Waals surface area contributed by atoms with Crippen LogP contribution in [0.2, 0.25) is 0 Å². The second-order valence-electron chi connectivity index (χ2n) is 5.06. The molecule has 0 aliphatic heterocycles. The van der Waals surface area contributed by atoms with Crippen LogP contribution in [0.3, 0.4) is 0 Å². The van der Waals surface area contributed by atoms with Crippen LogP contribution in [0.15, 0.2) is 24.3 Å². The largest absolute Gasteiger partial charge is 0.378 e. The summed E-state index contributed by atoms with van der Waals surface area (Å²) in [6.07, 6.45) is 4.35. The molecule has 1 aromatic rings. The van der Waals surface area contributed by atoms with Gasteiger partial charge in [-0.05, 0) is 37.3 Å². The molecule has 1 aliphatic carbocycles. The van der Waals surface area contributed by atoms with E-state index >= 15 is 0 Å². The summed E-state index contributed by atoms with van der Waals surface area (Å²) in [5.74, 6) is 0.292. The van der Waals surface area contributed by atoms with Gasteiger partial charge < -0.3 is 4.74 Å². The zero-order valence-corrected chi connectivity index (χ0v) is 10.7. The van der Waals surface area contributed by atoms with Gasteiger partial charge >= 0.3 is 0 Å². The molecule has 0 radical (unpaired) electrons. The molecule has 0 saturated heterocycles. The van der Waals surface area contributed by atoms with Gasteiger partial charge in [0.1, 0.15) is 5.78 Å². The Morgan fingerprint density at radius 2 is 2.06 bits per heavy atom. The molecule has 1 saturated carbocycles. The standard InChI is InChI=1S/C15H20O2/c1-12-6-3-4-7-13(12)10-14(16)11-15(17-2)8-5-9-15/h3-4,6-7H,5,8-11H2,1-2H3. The quantitative estimate of drug-likeness (QED) is 0.780. The Balaban J connectivity index is 1.96. The highest BCUT2D eigenvalue weighted by atomic mass is 16.5. The van der Waals surface area contributed by atoms with E-state index < -0.39 is 0 Å². The molecule has 0 unspecified atom stereocenters. The number of rotatable bonds is 5. The lowest BCUT2D eigenvalue weighted by Gasteiger charge is -2.40. The summed E-state index contributed by atoms with van der Waals surface area (Å²) in [5, 5.41) is 0. The van der Waals surface area contributed by atoms with Gasteiger partial charge in [-0.1, -0.05) is 24.3 Å². The molecule has 0 heterocycles. The summed E-state index contributed by atoms with van der Waals surface area (Å²) in [7, 11) is 1.72. The summed E-state index contributed by atoms with van der Waals surface area (Å²) in [6.45, 7) is 2.05. The van der Waals surface area contributed by atoms with E-state index in [0.717, 1.165) is 18.4 Å². The van der Waals surface area contributed by atoms with Crippen molar-refractivity contribution < 1.29 is 9.53 Å². The molecule has 0 amide bonds. The van der Waals surface area contributed by atoms with Crippen LogP contribution >= 0.6 is 0 Å². The molecule has 1 aliphatic rings. The van der Waals surface area contributed by atoms with Crippen molar-refractivity contribution in [3.8, 4) is 0 Å². The second kappa shape index (κ2) is 5.01. The van der Waals surface area contributed by atoms with Gasteiger partial charge in [0, 0.05) is 20.0 Å². The minimum absolute atomic E-state index is 0.139. The van der Waals surface area contributed by atoms with Crippen molar-refractivity contribution >= 4 is 5.78 Å². The molecule has 1 aromatic carbocycles. The van der Waals surface area contributed by atoms with Gasteiger partial charge in [-0.2, -0.15) is 0 Å². The minimum atomic E-state index is -0.139. The Bertz CT molecular complexity index is 400. The van der Waals surface area contributed by atoms with E-state index in [4.69, 9.17) is 4.74 Å². The summed E-state index contributed by atoms with van der Waals surface area (Å²) in [6, 6.07) is 8.09. The number of ketones is 1. The molecule has 17 heavy (non-hydrogen) atoms. The monoisotopic (exact) mass is 232 g/mol. The first-order valence-corrected chi connectivity index (χ1v) is 6.27. The maximum atomic E-state index is 12.1. The number of hydrogen-bond donors (Lipinski definition) is 0. The highest BCUT2D eigenvalue weighted by Crippen LogP contribution is 2.38. The van der Waals surface area contributed by atoms with Crippen molar-refractivity contribution in [2.45, 2.75) is 44.6 Å². The van der Waals surface area contributed by atoms with Crippen molar-refractivity contribution in [2.75, 3.05) is 7.11 Å². The van der Waals surface area contributed by atoms with Crippen LogP contribution in [-0.2, 0) is 16.0 Å². The number of benzene rings is 1. The van der Waals surface area contributed by atoms with E-state index in [2.05, 4.69) is 13.0 Å². The minimum Gasteiger partial charge on any atom is -0.378 e. The van der Waals surface area contributed by atoms with E-state index in [-0.39, 0.29) is 5.60 Å². The summed E-state index contributed by atoms with van der Waals surface area (Å²) >= 11 is 0. The Morgan fingerprint density at radius 3 is 2.59 bits per heavy atom. The van der Waals surface area contributed by atoms with Crippen LogP contribution in [0.1, 0.15) is 36.8 Å². The van der Waals surface area contributed by atoms with Gasteiger partial charge in [-0.15, -0.1) is 0 Å². The van der Waals surface area contributed by atoms with Gasteiger partial charge in [0.15, 0.2) is 0 Å². The summed E-state index contributed by atoms with van der Waals surface area (Å²) < 4.78 is 5.49. The number of methoxy groups -OCH3 is 1. The molecule has 1 fully saturated rings. The smallest absolute Gasteiger partial charge is 0.140 e. The highest BCUT2D eigenvalue weighted by Gasteiger charge is 2.38. The predicted molar refractivity (Wildman–Crippen MR) is 68.1 cm³/mol. The lowest BCUT2D eigenvalue weighted by Crippen LogP contribution is -2.41. The number of aryl methyl sites for hydroxylation is 1. The Morgan fingerprint density at radius 1 is 1.35 bits per heavy atom. The highest BCUT2D eigenvalue weighted by molar-refractivity contribution is 5.82. The topological polar surface area (TPSA) is 26.3 Å². The molecule has 2 heteroatoms. The first kappa shape index (κ1) is 12.3. The lowest BCUT2D eigenvalue weighted by molar-refractivity contribution is -0.131. The molecular weight excluding hydrogens is 212 g/mol. The maximum absolute atomic E-state index is 12.1. The van der Waals surface area contributed by atoms with Crippen molar-refractivity contribution in [3.05, 3.63) is 35.4 Å². The first-order chi connectivity index (χ1) is 8.15. The fraction of sp³-hybridized carbons (Fsp3) is 0.533. The maximum Gasteiger partial charge on any atom is 0.140 e. The van der Waals surface area contributed by atoms with Crippen LogP contribution in [0, 0.1) is 6.92 Å². The Labute approximate surface area is 103 Å². The van der Waals surface area contributed by atoms with Gasteiger partial charge in [0.2, 0.25) is 0 Å². The Hall–Kier alpha value is -1.15. The van der Waals surface area contributed by atoms with Crippen LogP contribution in [0.5, 0.6) is 0 Å². The fourth-order valence-corrected chi connectivity index (χ4v) is 2.47. The third-order valence-electron chi connectivity index (χ3n) is 3.87. The summed E-state index contributed by atoms with van der Waals surface area (Å²) in [5.41, 5.74) is 2.20. The van der Waals surface area contributed by atoms with Crippen LogP contribution in [-0.4, -0.2) is 18.5 Å². The zero-order chi connectivity index (χ0) is 12.3. The van der Waals surface area contributed by atoms with E-state index in [9.17, 15) is 4.79 Å². The van der Waals surface area contributed by atoms with Crippen molar-refractivity contribution in [2.24, 2.45) is 0 Å². The first-order valence-electron chi connectivity index (χ1n) is 6.27. The number of Topliss-reactive ketones (excluding diaryl/α,β-unsaturated/α-hetero) is 1. The summed E-state index contributed by atoms with van der Waals surface area (Å²) in [4.78, 5) is 12.1. The van der Waals surface area contributed by atoms with Crippen molar-refractivity contribution in [1.82, 2.24) is 0 Å². The van der Waals surface area contributed by atoms with E-state index in [1.54, 1.807) is 7.11 Å². The molecule has 2 nitrogen and oxygen atoms in total. The number of carbonyl (C=O) groups is 1. The number of ether oxygens (including phenoxy) is 1. The van der Waals surface area contributed by atoms with Gasteiger partial charge in [0.25, 0.3) is 0 Å². The van der Waals surface area contributed by atoms with E-state index in [0.29, 0.717) is 18.6 Å². The number of carbonyl (C=O) groups excluding carboxylic acids is 1. The predicted octanol–water partition coefficient (Wildman–Crippen LogP) is 3.07. The molecule has 0 N–H and O–H groups in total. The fourth-order valence-electron chi connectivity index (χ4n) is 2.47. The number of hydrogen-bond acceptors (Lipinski definition) is 2. The van der Waals surface area contributed by atoms with Gasteiger partial charge in [-0.25, -0.2) is 0 Å². The van der Waals surface area contributed by atoms with Gasteiger partial charge in [0.05, 0.1) is 5.60 Å². The van der Waals surface area contributed by atoms with Crippen LogP contribution < -0.4 is 0 Å². The third-order valence-corrected chi connectivity index (χ3v) is 3.87. The normalized spacial score (nSPS) is 17.5.